The van der Waals surface area contributed by atoms with E-state index in [1.807, 2.05) is 24.5 Å². The Labute approximate surface area is 161 Å². The van der Waals surface area contributed by atoms with Crippen LogP contribution in [-0.2, 0) is 11.0 Å². The summed E-state index contributed by atoms with van der Waals surface area (Å²) in [4.78, 5) is 8.93. The highest BCUT2D eigenvalue weighted by Crippen LogP contribution is 2.36. The minimum absolute atomic E-state index is 0.260. The topological polar surface area (TPSA) is 39.9 Å². The second-order valence-corrected chi connectivity index (χ2v) is 13.5. The maximum absolute atomic E-state index is 6.32. The lowest BCUT2D eigenvalue weighted by molar-refractivity contribution is 0.276. The molecule has 2 aromatic heterocycles. The fourth-order valence-electron chi connectivity index (χ4n) is 2.84. The lowest BCUT2D eigenvalue weighted by atomic mass is 10.2. The van der Waals surface area contributed by atoms with E-state index >= 15 is 0 Å². The number of benzene rings is 1. The SMILES string of the molecule is CC(C)(C)[Si](C)(C)OCCCCn1cnc2c(Cl)nc3ccccc3c21. The molecule has 0 aliphatic rings. The third-order valence-corrected chi connectivity index (χ3v) is 10.3. The summed E-state index contributed by atoms with van der Waals surface area (Å²) >= 11 is 6.32. The van der Waals surface area contributed by atoms with E-state index in [-0.39, 0.29) is 5.04 Å². The van der Waals surface area contributed by atoms with Gasteiger partial charge in [-0.2, -0.15) is 0 Å². The van der Waals surface area contributed by atoms with Gasteiger partial charge < -0.3 is 8.99 Å². The van der Waals surface area contributed by atoms with Gasteiger partial charge in [0.25, 0.3) is 0 Å². The van der Waals surface area contributed by atoms with Gasteiger partial charge in [0, 0.05) is 18.5 Å². The first kappa shape index (κ1) is 19.3. The average Bonchev–Trinajstić information content (AvgIpc) is 2.98. The molecule has 0 aliphatic heterocycles. The standard InChI is InChI=1S/C20H28ClN3OSi/c1-20(2,3)26(4,5)25-13-9-8-12-24-14-22-17-18(24)15-10-6-7-11-16(15)23-19(17)21/h6-7,10-11,14H,8-9,12-13H2,1-5H3. The summed E-state index contributed by atoms with van der Waals surface area (Å²) in [6, 6.07) is 8.09. The largest absolute Gasteiger partial charge is 0.417 e. The van der Waals surface area contributed by atoms with E-state index in [0.717, 1.165) is 47.9 Å². The molecule has 0 aliphatic carbocycles. The van der Waals surface area contributed by atoms with E-state index in [1.54, 1.807) is 0 Å². The smallest absolute Gasteiger partial charge is 0.191 e. The average molecular weight is 390 g/mol. The fourth-order valence-corrected chi connectivity index (χ4v) is 4.16. The molecule has 0 saturated heterocycles. The highest BCUT2D eigenvalue weighted by Gasteiger charge is 2.36. The van der Waals surface area contributed by atoms with Gasteiger partial charge >= 0.3 is 0 Å². The molecule has 0 amide bonds. The molecule has 26 heavy (non-hydrogen) atoms. The normalized spacial score (nSPS) is 13.0. The van der Waals surface area contributed by atoms with E-state index in [2.05, 4.69) is 54.5 Å². The first-order chi connectivity index (χ1) is 12.2. The van der Waals surface area contributed by atoms with Crippen molar-refractivity contribution in [1.82, 2.24) is 14.5 Å². The summed E-state index contributed by atoms with van der Waals surface area (Å²) in [6.07, 6.45) is 3.97. The first-order valence-electron chi connectivity index (χ1n) is 9.24. The van der Waals surface area contributed by atoms with Gasteiger partial charge in [0.15, 0.2) is 13.5 Å². The van der Waals surface area contributed by atoms with E-state index < -0.39 is 8.32 Å². The van der Waals surface area contributed by atoms with Gasteiger partial charge in [-0.3, -0.25) is 0 Å². The van der Waals surface area contributed by atoms with Gasteiger partial charge in [-0.1, -0.05) is 50.6 Å². The Morgan fingerprint density at radius 2 is 1.88 bits per heavy atom. The highest BCUT2D eigenvalue weighted by molar-refractivity contribution is 6.74. The van der Waals surface area contributed by atoms with Gasteiger partial charge in [0.2, 0.25) is 0 Å². The van der Waals surface area contributed by atoms with Gasteiger partial charge in [0.05, 0.1) is 17.4 Å². The number of fused-ring (bicyclic) bond motifs is 3. The lowest BCUT2D eigenvalue weighted by Gasteiger charge is -2.36. The number of pyridine rings is 1. The molecule has 0 spiro atoms. The molecule has 0 atom stereocenters. The Hall–Kier alpha value is -1.43. The number of para-hydroxylation sites is 1. The van der Waals surface area contributed by atoms with Crippen LogP contribution < -0.4 is 0 Å². The minimum atomic E-state index is -1.65. The van der Waals surface area contributed by atoms with Crippen LogP contribution in [0.15, 0.2) is 30.6 Å². The van der Waals surface area contributed by atoms with Crippen LogP contribution in [0.1, 0.15) is 33.6 Å². The quantitative estimate of drug-likeness (QED) is 0.293. The van der Waals surface area contributed by atoms with Gasteiger partial charge in [0.1, 0.15) is 5.52 Å². The van der Waals surface area contributed by atoms with Crippen molar-refractivity contribution in [2.24, 2.45) is 0 Å². The Morgan fingerprint density at radius 1 is 1.15 bits per heavy atom. The Bertz CT molecular complexity index is 914. The van der Waals surface area contributed by atoms with Crippen LogP contribution in [-0.4, -0.2) is 29.5 Å². The monoisotopic (exact) mass is 389 g/mol. The molecule has 0 unspecified atom stereocenters. The molecule has 0 radical (unpaired) electrons. The van der Waals surface area contributed by atoms with Crippen LogP contribution >= 0.6 is 11.6 Å². The van der Waals surface area contributed by atoms with Crippen molar-refractivity contribution in [3.05, 3.63) is 35.7 Å². The summed E-state index contributed by atoms with van der Waals surface area (Å²) in [7, 11) is -1.65. The Kier molecular flexibility index (Phi) is 5.42. The molecule has 1 aromatic carbocycles. The third-order valence-electron chi connectivity index (χ3n) is 5.47. The third kappa shape index (κ3) is 3.80. The van der Waals surface area contributed by atoms with E-state index in [0.29, 0.717) is 5.15 Å². The number of imidazole rings is 1. The van der Waals surface area contributed by atoms with Crippen LogP contribution in [0.2, 0.25) is 23.3 Å². The zero-order chi connectivity index (χ0) is 18.9. The predicted octanol–water partition coefficient (Wildman–Crippen LogP) is 6.04. The summed E-state index contributed by atoms with van der Waals surface area (Å²) in [5.74, 6) is 0. The zero-order valence-corrected chi connectivity index (χ0v) is 18.1. The number of aromatic nitrogens is 3. The zero-order valence-electron chi connectivity index (χ0n) is 16.3. The molecule has 2 heterocycles. The molecular weight excluding hydrogens is 362 g/mol. The molecule has 0 N–H and O–H groups in total. The van der Waals surface area contributed by atoms with Crippen LogP contribution in [0.4, 0.5) is 0 Å². The summed E-state index contributed by atoms with van der Waals surface area (Å²) < 4.78 is 8.47. The summed E-state index contributed by atoms with van der Waals surface area (Å²) in [5.41, 5.74) is 2.77. The maximum atomic E-state index is 6.32. The maximum Gasteiger partial charge on any atom is 0.191 e. The van der Waals surface area contributed by atoms with Crippen molar-refractivity contribution in [2.45, 2.75) is 58.3 Å². The van der Waals surface area contributed by atoms with Crippen LogP contribution in [0.5, 0.6) is 0 Å². The van der Waals surface area contributed by atoms with Crippen molar-refractivity contribution in [3.63, 3.8) is 0 Å². The van der Waals surface area contributed by atoms with Crippen molar-refractivity contribution in [1.29, 1.82) is 0 Å². The van der Waals surface area contributed by atoms with E-state index in [1.165, 1.54) is 0 Å². The molecule has 3 aromatic rings. The number of aryl methyl sites for hydroxylation is 1. The van der Waals surface area contributed by atoms with Crippen molar-refractivity contribution >= 4 is 41.9 Å². The highest BCUT2D eigenvalue weighted by atomic mass is 35.5. The molecule has 0 saturated carbocycles. The summed E-state index contributed by atoms with van der Waals surface area (Å²) in [6.45, 7) is 13.2. The number of rotatable bonds is 6. The van der Waals surface area contributed by atoms with Crippen LogP contribution in [0.3, 0.4) is 0 Å². The molecule has 140 valence electrons. The van der Waals surface area contributed by atoms with Crippen molar-refractivity contribution in [3.8, 4) is 0 Å². The number of halogens is 1. The molecule has 0 bridgehead atoms. The Balaban J connectivity index is 1.69. The number of nitrogens with zero attached hydrogens (tertiary/aromatic N) is 3. The molecule has 0 fully saturated rings. The summed E-state index contributed by atoms with van der Waals surface area (Å²) in [5, 5.41) is 1.83. The van der Waals surface area contributed by atoms with Crippen molar-refractivity contribution in [2.75, 3.05) is 6.61 Å². The second kappa shape index (κ2) is 7.29. The number of hydrogen-bond donors (Lipinski definition) is 0. The molecule has 6 heteroatoms. The van der Waals surface area contributed by atoms with Gasteiger partial charge in [-0.05, 0) is 37.0 Å². The van der Waals surface area contributed by atoms with E-state index in [9.17, 15) is 0 Å². The second-order valence-electron chi connectivity index (χ2n) is 8.37. The number of unbranched alkanes of at least 4 members (excludes halogenated alkanes) is 1. The van der Waals surface area contributed by atoms with Crippen LogP contribution in [0, 0.1) is 0 Å². The number of hydrogen-bond acceptors (Lipinski definition) is 3. The predicted molar refractivity (Wildman–Crippen MR) is 112 cm³/mol. The van der Waals surface area contributed by atoms with Crippen LogP contribution in [0.25, 0.3) is 21.9 Å². The lowest BCUT2D eigenvalue weighted by Crippen LogP contribution is -2.40. The minimum Gasteiger partial charge on any atom is -0.417 e. The van der Waals surface area contributed by atoms with Gasteiger partial charge in [-0.25, -0.2) is 9.97 Å². The Morgan fingerprint density at radius 3 is 2.62 bits per heavy atom. The van der Waals surface area contributed by atoms with E-state index in [4.69, 9.17) is 16.0 Å². The molecular formula is C20H28ClN3OSi. The molecule has 4 nitrogen and oxygen atoms in total. The first-order valence-corrected chi connectivity index (χ1v) is 12.5. The van der Waals surface area contributed by atoms with Crippen molar-refractivity contribution < 1.29 is 4.43 Å². The molecule has 3 rings (SSSR count). The van der Waals surface area contributed by atoms with Gasteiger partial charge in [-0.15, -0.1) is 0 Å². The fraction of sp³-hybridized carbons (Fsp3) is 0.500.